The van der Waals surface area contributed by atoms with Gasteiger partial charge in [0, 0.05) is 12.1 Å². The standard InChI is InChI=1S/C22H26N4O6/c1-13-11-24-20-18(19(13)32-5)21(28)26(22(29)25(20)2)12-17(27)23-9-8-14-6-7-15(30-3)16(10-14)31-4/h6-7,10-11,18H,8-9,12H2,1-5H3/p+1. The van der Waals surface area contributed by atoms with Gasteiger partial charge in [0.15, 0.2) is 24.0 Å². The van der Waals surface area contributed by atoms with Crippen LogP contribution >= 0.6 is 0 Å². The highest BCUT2D eigenvalue weighted by molar-refractivity contribution is 6.16. The van der Waals surface area contributed by atoms with Crippen molar-refractivity contribution in [3.05, 3.63) is 35.1 Å². The Balaban J connectivity index is 1.65. The van der Waals surface area contributed by atoms with Crippen molar-refractivity contribution in [3.63, 3.8) is 0 Å². The van der Waals surface area contributed by atoms with Crippen molar-refractivity contribution in [1.29, 1.82) is 0 Å². The Morgan fingerprint density at radius 1 is 1.16 bits per heavy atom. The SMILES string of the molecule is COC1=C(C)C=NC2=[N+](C)C(=O)N(CC(=O)NCCc3ccc(OC)c(OC)c3)C(=O)C12. The molecule has 32 heavy (non-hydrogen) atoms. The van der Waals surface area contributed by atoms with Gasteiger partial charge in [0.25, 0.3) is 11.7 Å². The van der Waals surface area contributed by atoms with E-state index in [9.17, 15) is 14.4 Å². The number of hydrogen-bond donors (Lipinski definition) is 1. The van der Waals surface area contributed by atoms with Crippen LogP contribution in [0, 0.1) is 5.92 Å². The first-order chi connectivity index (χ1) is 15.3. The molecule has 0 aliphatic carbocycles. The van der Waals surface area contributed by atoms with Crippen LogP contribution in [-0.4, -0.2) is 80.8 Å². The summed E-state index contributed by atoms with van der Waals surface area (Å²) in [5.41, 5.74) is 1.63. The molecule has 3 rings (SSSR count). The zero-order chi connectivity index (χ0) is 23.4. The van der Waals surface area contributed by atoms with Crippen molar-refractivity contribution < 1.29 is 33.2 Å². The normalized spacial score (nSPS) is 18.0. The lowest BCUT2D eigenvalue weighted by Gasteiger charge is -2.28. The molecule has 170 valence electrons. The fourth-order valence-electron chi connectivity index (χ4n) is 3.68. The summed E-state index contributed by atoms with van der Waals surface area (Å²) >= 11 is 0. The van der Waals surface area contributed by atoms with Crippen molar-refractivity contribution in [2.45, 2.75) is 13.3 Å². The third-order valence-electron chi connectivity index (χ3n) is 5.38. The number of amidine groups is 1. The third kappa shape index (κ3) is 4.34. The minimum atomic E-state index is -0.854. The van der Waals surface area contributed by atoms with Gasteiger partial charge in [-0.3, -0.25) is 9.59 Å². The number of imide groups is 1. The molecule has 0 bridgehead atoms. The molecule has 1 aromatic carbocycles. The largest absolute Gasteiger partial charge is 0.499 e. The first-order valence-electron chi connectivity index (χ1n) is 10.0. The van der Waals surface area contributed by atoms with E-state index >= 15 is 0 Å². The number of dihydropyridines is 1. The molecule has 2 aliphatic rings. The molecule has 0 fully saturated rings. The van der Waals surface area contributed by atoms with Crippen LogP contribution in [0.1, 0.15) is 12.5 Å². The number of nitrogens with zero attached hydrogens (tertiary/aromatic N) is 3. The van der Waals surface area contributed by atoms with E-state index in [1.807, 2.05) is 12.1 Å². The van der Waals surface area contributed by atoms with E-state index in [1.165, 1.54) is 18.7 Å². The van der Waals surface area contributed by atoms with Crippen LogP contribution in [0.2, 0.25) is 0 Å². The zero-order valence-corrected chi connectivity index (χ0v) is 18.8. The number of ether oxygens (including phenoxy) is 3. The number of amides is 4. The second-order valence-corrected chi connectivity index (χ2v) is 7.36. The van der Waals surface area contributed by atoms with Crippen molar-refractivity contribution in [3.8, 4) is 11.5 Å². The summed E-state index contributed by atoms with van der Waals surface area (Å²) in [5, 5.41) is 2.75. The van der Waals surface area contributed by atoms with Crippen molar-refractivity contribution in [1.82, 2.24) is 10.2 Å². The summed E-state index contributed by atoms with van der Waals surface area (Å²) in [7, 11) is 6.10. The number of benzene rings is 1. The molecule has 2 aliphatic heterocycles. The van der Waals surface area contributed by atoms with Crippen LogP contribution in [0.25, 0.3) is 0 Å². The van der Waals surface area contributed by atoms with Crippen LogP contribution in [0.15, 0.2) is 34.5 Å². The Kier molecular flexibility index (Phi) is 6.92. The maximum Gasteiger partial charge on any atom is 0.446 e. The van der Waals surface area contributed by atoms with E-state index in [1.54, 1.807) is 33.4 Å². The molecule has 10 nitrogen and oxygen atoms in total. The Morgan fingerprint density at radius 2 is 1.88 bits per heavy atom. The fraction of sp³-hybridized carbons (Fsp3) is 0.409. The summed E-state index contributed by atoms with van der Waals surface area (Å²) < 4.78 is 17.2. The van der Waals surface area contributed by atoms with Crippen molar-refractivity contribution in [2.75, 3.05) is 41.5 Å². The minimum Gasteiger partial charge on any atom is -0.499 e. The second kappa shape index (κ2) is 9.63. The molecule has 0 saturated carbocycles. The van der Waals surface area contributed by atoms with Crippen molar-refractivity contribution in [2.24, 2.45) is 10.9 Å². The van der Waals surface area contributed by atoms with E-state index in [0.717, 1.165) is 10.5 Å². The van der Waals surface area contributed by atoms with Gasteiger partial charge >= 0.3 is 11.9 Å². The molecule has 1 atom stereocenters. The highest BCUT2D eigenvalue weighted by atomic mass is 16.5. The number of hydrogen-bond acceptors (Lipinski definition) is 7. The van der Waals surface area contributed by atoms with Gasteiger partial charge in [0.05, 0.1) is 28.4 Å². The Morgan fingerprint density at radius 3 is 2.53 bits per heavy atom. The number of methoxy groups -OCH3 is 3. The molecule has 1 aromatic rings. The van der Waals surface area contributed by atoms with Gasteiger partial charge in [-0.05, 0) is 31.0 Å². The van der Waals surface area contributed by atoms with Crippen LogP contribution in [-0.2, 0) is 20.7 Å². The Labute approximate surface area is 186 Å². The predicted molar refractivity (Wildman–Crippen MR) is 116 cm³/mol. The number of carbonyl (C=O) groups excluding carboxylic acids is 3. The number of aliphatic imine (C=N–C) groups is 1. The number of allylic oxidation sites excluding steroid dienone is 1. The molecule has 10 heteroatoms. The topological polar surface area (TPSA) is 110 Å². The summed E-state index contributed by atoms with van der Waals surface area (Å²) in [6.07, 6.45) is 2.09. The quantitative estimate of drug-likeness (QED) is 0.600. The van der Waals surface area contributed by atoms with Crippen LogP contribution in [0.5, 0.6) is 11.5 Å². The monoisotopic (exact) mass is 443 g/mol. The number of carbonyl (C=O) groups is 3. The van der Waals surface area contributed by atoms with Gasteiger partial charge in [0.2, 0.25) is 0 Å². The fourth-order valence-corrected chi connectivity index (χ4v) is 3.68. The molecule has 0 radical (unpaired) electrons. The smallest absolute Gasteiger partial charge is 0.446 e. The highest BCUT2D eigenvalue weighted by Crippen LogP contribution is 2.28. The maximum atomic E-state index is 13.1. The molecule has 2 heterocycles. The average Bonchev–Trinajstić information content (AvgIpc) is 2.80. The second-order valence-electron chi connectivity index (χ2n) is 7.36. The number of fused-ring (bicyclic) bond motifs is 1. The molecule has 4 amide bonds. The summed E-state index contributed by atoms with van der Waals surface area (Å²) in [4.78, 5) is 43.4. The first-order valence-corrected chi connectivity index (χ1v) is 10.0. The van der Waals surface area contributed by atoms with E-state index in [0.29, 0.717) is 35.8 Å². The third-order valence-corrected chi connectivity index (χ3v) is 5.38. The van der Waals surface area contributed by atoms with E-state index in [4.69, 9.17) is 14.2 Å². The number of rotatable bonds is 8. The van der Waals surface area contributed by atoms with Gasteiger partial charge in [-0.15, -0.1) is 4.99 Å². The predicted octanol–water partition coefficient (Wildman–Crippen LogP) is 0.987. The van der Waals surface area contributed by atoms with Crippen LogP contribution in [0.4, 0.5) is 4.79 Å². The van der Waals surface area contributed by atoms with E-state index in [-0.39, 0.29) is 5.84 Å². The van der Waals surface area contributed by atoms with Gasteiger partial charge in [0.1, 0.15) is 12.0 Å². The molecular formula is C22H27N4O6+. The zero-order valence-electron chi connectivity index (χ0n) is 18.8. The summed E-state index contributed by atoms with van der Waals surface area (Å²) in [5.74, 6) is 0.0880. The molecule has 0 saturated heterocycles. The maximum absolute atomic E-state index is 13.1. The lowest BCUT2D eigenvalue weighted by atomic mass is 9.96. The minimum absolute atomic E-state index is 0.285. The van der Waals surface area contributed by atoms with Crippen molar-refractivity contribution >= 4 is 29.9 Å². The van der Waals surface area contributed by atoms with Crippen LogP contribution in [0.3, 0.4) is 0 Å². The Bertz CT molecular complexity index is 1040. The number of nitrogens with one attached hydrogen (secondary N) is 1. The summed E-state index contributed by atoms with van der Waals surface area (Å²) in [6, 6.07) is 4.89. The van der Waals surface area contributed by atoms with Gasteiger partial charge in [-0.1, -0.05) is 6.07 Å². The lowest BCUT2D eigenvalue weighted by Crippen LogP contribution is -2.57. The molecule has 0 spiro atoms. The number of urea groups is 1. The molecule has 0 aromatic heterocycles. The van der Waals surface area contributed by atoms with E-state index in [2.05, 4.69) is 10.3 Å². The first kappa shape index (κ1) is 23.0. The molecule has 1 N–H and O–H groups in total. The highest BCUT2D eigenvalue weighted by Gasteiger charge is 2.50. The molecular weight excluding hydrogens is 416 g/mol. The molecule has 1 unspecified atom stereocenters. The Hall–Kier alpha value is -3.69. The van der Waals surface area contributed by atoms with Crippen LogP contribution < -0.4 is 14.8 Å². The van der Waals surface area contributed by atoms with Gasteiger partial charge in [-0.25, -0.2) is 4.79 Å². The summed E-state index contributed by atoms with van der Waals surface area (Å²) in [6.45, 7) is 1.71. The van der Waals surface area contributed by atoms with E-state index < -0.39 is 30.3 Å². The average molecular weight is 443 g/mol. The van der Waals surface area contributed by atoms with Gasteiger partial charge < -0.3 is 19.5 Å². The lowest BCUT2D eigenvalue weighted by molar-refractivity contribution is -0.408. The van der Waals surface area contributed by atoms with Gasteiger partial charge in [-0.2, -0.15) is 9.48 Å².